The van der Waals surface area contributed by atoms with Crippen LogP contribution in [0.3, 0.4) is 0 Å². The van der Waals surface area contributed by atoms with Gasteiger partial charge < -0.3 is 25.7 Å². The minimum Gasteiger partial charge on any atom is -0.438 e. The Kier molecular flexibility index (Phi) is 28.1. The van der Waals surface area contributed by atoms with Crippen LogP contribution in [-0.2, 0) is 14.2 Å². The van der Waals surface area contributed by atoms with Gasteiger partial charge in [0.1, 0.15) is 11.4 Å². The number of aromatic nitrogens is 4. The number of nitrogens with zero attached hydrogens (tertiary/aromatic N) is 6. The zero-order valence-electron chi connectivity index (χ0n) is 29.8. The number of hydrogen-bond acceptors (Lipinski definition) is 7. The number of nitrogens with one attached hydrogen (secondary N) is 2. The van der Waals surface area contributed by atoms with Gasteiger partial charge in [0.25, 0.3) is 0 Å². The predicted octanol–water partition coefficient (Wildman–Crippen LogP) is -2.64. The fourth-order valence-corrected chi connectivity index (χ4v) is 4.04. The maximum atomic E-state index is 7.75. The molecule has 0 saturated carbocycles. The number of amidine groups is 4. The summed E-state index contributed by atoms with van der Waals surface area (Å²) in [5.41, 5.74) is 17.6. The summed E-state index contributed by atoms with van der Waals surface area (Å²) < 4.78 is 14.8. The Hall–Kier alpha value is -1.97. The third-order valence-corrected chi connectivity index (χ3v) is 6.62. The summed E-state index contributed by atoms with van der Waals surface area (Å²) in [5.74, 6) is 0.463. The van der Waals surface area contributed by atoms with Crippen LogP contribution in [0.2, 0.25) is 0 Å². The number of pyridine rings is 4. The van der Waals surface area contributed by atoms with E-state index in [1.54, 1.807) is 85.5 Å². The summed E-state index contributed by atoms with van der Waals surface area (Å²) in [5, 5.41) is 11.5. The summed E-state index contributed by atoms with van der Waals surface area (Å²) in [6, 6.07) is 21.3. The molecule has 0 amide bonds. The van der Waals surface area contributed by atoms with Gasteiger partial charge in [-0.25, -0.2) is 9.97 Å². The van der Waals surface area contributed by atoms with Gasteiger partial charge in [-0.3, -0.25) is 20.8 Å². The van der Waals surface area contributed by atoms with Crippen LogP contribution < -0.4 is 114 Å². The molecule has 13 nitrogen and oxygen atoms in total. The number of ether oxygens (including phenoxy) is 3. The molecule has 3 aliphatic rings. The van der Waals surface area contributed by atoms with Crippen LogP contribution in [0.15, 0.2) is 108 Å². The molecular weight excluding hydrogens is 699 g/mol. The number of hydrogen-bond donors (Lipinski definition) is 2. The third-order valence-electron chi connectivity index (χ3n) is 6.62. The molecule has 7 rings (SSSR count). The SMILES string of the molecule is C1CCOC1.C1CCOC1.C1CCOC1.[K+].[K+].[NH-]C(=NC(=[NH2+])c1ccccn1)c1ccccn1.[NH-]C(=NC(=[NH2+])c1ccccn1)c1ccccn1. The first-order valence-electron chi connectivity index (χ1n) is 16.3. The Morgan fingerprint density at radius 1 is 0.451 bits per heavy atom. The van der Waals surface area contributed by atoms with Crippen molar-refractivity contribution in [3.05, 3.63) is 132 Å². The van der Waals surface area contributed by atoms with E-state index in [9.17, 15) is 0 Å². The van der Waals surface area contributed by atoms with Crippen molar-refractivity contribution in [2.75, 3.05) is 39.6 Å². The summed E-state index contributed by atoms with van der Waals surface area (Å²) >= 11 is 0. The van der Waals surface area contributed by atoms with Gasteiger partial charge in [0.2, 0.25) is 0 Å². The van der Waals surface area contributed by atoms with E-state index in [4.69, 9.17) is 36.5 Å². The summed E-state index contributed by atoms with van der Waals surface area (Å²) in [4.78, 5) is 24.1. The molecule has 0 unspecified atom stereocenters. The molecule has 4 aromatic heterocycles. The molecule has 258 valence electrons. The summed E-state index contributed by atoms with van der Waals surface area (Å²) in [7, 11) is 0. The quantitative estimate of drug-likeness (QED) is 0.129. The van der Waals surface area contributed by atoms with Crippen molar-refractivity contribution in [3.8, 4) is 0 Å². The summed E-state index contributed by atoms with van der Waals surface area (Å²) in [6.45, 7) is 6.00. The van der Waals surface area contributed by atoms with E-state index in [-0.39, 0.29) is 126 Å². The molecule has 0 aromatic carbocycles. The molecular formula is C36H46K2N10O3+2. The van der Waals surface area contributed by atoms with Crippen molar-refractivity contribution in [2.24, 2.45) is 9.98 Å². The Labute approximate surface area is 385 Å². The maximum Gasteiger partial charge on any atom is 1.00 e. The van der Waals surface area contributed by atoms with Crippen molar-refractivity contribution in [2.45, 2.75) is 38.5 Å². The third kappa shape index (κ3) is 21.4. The molecule has 0 spiro atoms. The molecule has 0 atom stereocenters. The van der Waals surface area contributed by atoms with Gasteiger partial charge in [-0.05, 0) is 97.0 Å². The van der Waals surface area contributed by atoms with E-state index in [0.29, 0.717) is 22.8 Å². The number of aliphatic imine (C=N–C) groups is 2. The molecule has 3 aliphatic heterocycles. The first-order valence-corrected chi connectivity index (χ1v) is 16.3. The van der Waals surface area contributed by atoms with E-state index in [0.717, 1.165) is 39.6 Å². The van der Waals surface area contributed by atoms with Gasteiger partial charge in [-0.15, -0.1) is 0 Å². The van der Waals surface area contributed by atoms with E-state index in [1.807, 2.05) is 12.1 Å². The second-order valence-electron chi connectivity index (χ2n) is 10.5. The second kappa shape index (κ2) is 30.5. The van der Waals surface area contributed by atoms with Crippen molar-refractivity contribution >= 4 is 23.3 Å². The average Bonchev–Trinajstić information content (AvgIpc) is 4.01. The number of rotatable bonds is 4. The van der Waals surface area contributed by atoms with Gasteiger partial charge >= 0.3 is 114 Å². The molecule has 3 saturated heterocycles. The van der Waals surface area contributed by atoms with Gasteiger partial charge in [-0.1, -0.05) is 24.3 Å². The maximum absolute atomic E-state index is 7.75. The summed E-state index contributed by atoms with van der Waals surface area (Å²) in [6.07, 6.45) is 14.1. The molecule has 6 N–H and O–H groups in total. The molecule has 0 bridgehead atoms. The molecule has 4 aromatic rings. The minimum atomic E-state index is 0. The Balaban J connectivity index is 0.000000353. The standard InChI is InChI=1S/2C12H10N5.3C4H8O.2K/c2*13-11(9-5-1-3-7-15-9)17-12(14)10-6-2-4-8-16-10;3*1-2-4-5-3-1;;/h2*1-8H,(H2-,13,14,17);3*1-4H2;;/q2*-1;;;;2*+1/p+2. The molecule has 51 heavy (non-hydrogen) atoms. The minimum absolute atomic E-state index is 0. The smallest absolute Gasteiger partial charge is 0.438 e. The zero-order valence-corrected chi connectivity index (χ0v) is 36.0. The zero-order chi connectivity index (χ0) is 34.8. The van der Waals surface area contributed by atoms with Gasteiger partial charge in [-0.2, -0.15) is 0 Å². The molecule has 3 fully saturated rings. The topological polar surface area (TPSA) is 203 Å². The molecule has 15 heteroatoms. The first kappa shape index (κ1) is 47.1. The monoisotopic (exact) mass is 744 g/mol. The van der Waals surface area contributed by atoms with Crippen LogP contribution in [0, 0.1) is 0 Å². The predicted molar refractivity (Wildman–Crippen MR) is 191 cm³/mol. The van der Waals surface area contributed by atoms with Crippen molar-refractivity contribution in [1.82, 2.24) is 19.9 Å². The van der Waals surface area contributed by atoms with E-state index < -0.39 is 0 Å². The molecule has 7 heterocycles. The van der Waals surface area contributed by atoms with E-state index in [1.165, 1.54) is 38.5 Å². The van der Waals surface area contributed by atoms with Gasteiger partial charge in [0, 0.05) is 64.4 Å². The van der Waals surface area contributed by atoms with Crippen molar-refractivity contribution in [3.63, 3.8) is 0 Å². The van der Waals surface area contributed by atoms with Crippen molar-refractivity contribution in [1.29, 1.82) is 0 Å². The van der Waals surface area contributed by atoms with Crippen LogP contribution in [0.25, 0.3) is 11.5 Å². The number of nitrogens with two attached hydrogens (primary N) is 2. The Morgan fingerprint density at radius 3 is 0.902 bits per heavy atom. The van der Waals surface area contributed by atoms with E-state index in [2.05, 4.69) is 29.9 Å². The van der Waals surface area contributed by atoms with Gasteiger partial charge in [0.15, 0.2) is 23.1 Å². The van der Waals surface area contributed by atoms with Crippen molar-refractivity contribution < 1.29 is 128 Å². The largest absolute Gasteiger partial charge is 1.00 e. The fourth-order valence-electron chi connectivity index (χ4n) is 4.04. The molecule has 0 aliphatic carbocycles. The van der Waals surface area contributed by atoms with Crippen LogP contribution >= 0.6 is 0 Å². The van der Waals surface area contributed by atoms with Crippen LogP contribution in [0.4, 0.5) is 0 Å². The van der Waals surface area contributed by atoms with Crippen LogP contribution in [-0.4, -0.2) is 82.9 Å². The Bertz CT molecular complexity index is 1390. The normalized spacial score (nSPS) is 14.5. The fraction of sp³-hybridized carbons (Fsp3) is 0.333. The van der Waals surface area contributed by atoms with E-state index >= 15 is 0 Å². The molecule has 0 radical (unpaired) electrons. The van der Waals surface area contributed by atoms with Gasteiger partial charge in [0.05, 0.1) is 0 Å². The van der Waals surface area contributed by atoms with Crippen LogP contribution in [0.1, 0.15) is 61.3 Å². The van der Waals surface area contributed by atoms with Crippen LogP contribution in [0.5, 0.6) is 0 Å². The average molecular weight is 745 g/mol. The first-order chi connectivity index (χ1) is 24.0. The Morgan fingerprint density at radius 2 is 0.706 bits per heavy atom. The second-order valence-corrected chi connectivity index (χ2v) is 10.5.